The van der Waals surface area contributed by atoms with E-state index >= 15 is 0 Å². The lowest BCUT2D eigenvalue weighted by Gasteiger charge is -2.12. The maximum absolute atomic E-state index is 13.7. The summed E-state index contributed by atoms with van der Waals surface area (Å²) in [6.45, 7) is 1.25. The molecule has 1 heterocycles. The lowest BCUT2D eigenvalue weighted by molar-refractivity contribution is 0.296. The van der Waals surface area contributed by atoms with Gasteiger partial charge in [0.05, 0.1) is 17.7 Å². The first-order chi connectivity index (χ1) is 7.24. The summed E-state index contributed by atoms with van der Waals surface area (Å²) in [5.74, 6) is 0.616. The van der Waals surface area contributed by atoms with Crippen LogP contribution in [0.15, 0.2) is 10.5 Å². The van der Waals surface area contributed by atoms with E-state index in [2.05, 4.69) is 15.9 Å². The van der Waals surface area contributed by atoms with Crippen LogP contribution in [0.4, 0.5) is 4.39 Å². The molecule has 3 nitrogen and oxygen atoms in total. The Kier molecular flexibility index (Phi) is 3.11. The molecule has 0 atom stereocenters. The van der Waals surface area contributed by atoms with Crippen LogP contribution in [0.1, 0.15) is 12.0 Å². The van der Waals surface area contributed by atoms with Crippen molar-refractivity contribution in [3.05, 3.63) is 21.9 Å². The second-order valence-corrected chi connectivity index (χ2v) is 4.04. The molecule has 2 rings (SSSR count). The van der Waals surface area contributed by atoms with E-state index in [0.717, 1.165) is 6.42 Å². The molecular formula is C10H11BrFNO2. The van der Waals surface area contributed by atoms with Crippen LogP contribution in [-0.2, 0) is 6.54 Å². The van der Waals surface area contributed by atoms with E-state index < -0.39 is 0 Å². The Morgan fingerprint density at radius 2 is 2.13 bits per heavy atom. The highest BCUT2D eigenvalue weighted by Gasteiger charge is 2.20. The molecule has 0 aliphatic carbocycles. The molecule has 2 N–H and O–H groups in total. The molecule has 1 aromatic rings. The van der Waals surface area contributed by atoms with Crippen molar-refractivity contribution in [1.82, 2.24) is 0 Å². The Morgan fingerprint density at radius 3 is 2.87 bits per heavy atom. The standard InChI is InChI=1S/C10H11BrFNO2/c11-8-9(12)6(5-13)4-7-10(8)15-3-1-2-14-7/h4H,1-3,5,13H2. The van der Waals surface area contributed by atoms with Gasteiger partial charge in [0.25, 0.3) is 0 Å². The first-order valence-corrected chi connectivity index (χ1v) is 5.50. The van der Waals surface area contributed by atoms with Gasteiger partial charge >= 0.3 is 0 Å². The Bertz CT molecular complexity index is 384. The predicted molar refractivity (Wildman–Crippen MR) is 57.6 cm³/mol. The van der Waals surface area contributed by atoms with Gasteiger partial charge in [0.2, 0.25) is 0 Å². The summed E-state index contributed by atoms with van der Waals surface area (Å²) >= 11 is 3.16. The Morgan fingerprint density at radius 1 is 1.40 bits per heavy atom. The van der Waals surface area contributed by atoms with Crippen LogP contribution < -0.4 is 15.2 Å². The van der Waals surface area contributed by atoms with Gasteiger partial charge in [-0.05, 0) is 22.0 Å². The van der Waals surface area contributed by atoms with E-state index in [4.69, 9.17) is 15.2 Å². The predicted octanol–water partition coefficient (Wildman–Crippen LogP) is 2.21. The monoisotopic (exact) mass is 275 g/mol. The van der Waals surface area contributed by atoms with Crippen molar-refractivity contribution in [2.24, 2.45) is 5.73 Å². The number of halogens is 2. The van der Waals surface area contributed by atoms with Gasteiger partial charge in [-0.15, -0.1) is 0 Å². The number of hydrogen-bond acceptors (Lipinski definition) is 3. The van der Waals surface area contributed by atoms with Crippen molar-refractivity contribution in [3.63, 3.8) is 0 Å². The van der Waals surface area contributed by atoms with E-state index in [1.54, 1.807) is 6.07 Å². The molecular weight excluding hydrogens is 265 g/mol. The average molecular weight is 276 g/mol. The molecule has 1 aliphatic heterocycles. The zero-order valence-electron chi connectivity index (χ0n) is 8.06. The Hall–Kier alpha value is -0.810. The van der Waals surface area contributed by atoms with Crippen LogP contribution in [0.3, 0.4) is 0 Å². The second-order valence-electron chi connectivity index (χ2n) is 3.25. The molecule has 15 heavy (non-hydrogen) atoms. The number of rotatable bonds is 1. The van der Waals surface area contributed by atoms with E-state index in [-0.39, 0.29) is 12.4 Å². The lowest BCUT2D eigenvalue weighted by Crippen LogP contribution is -2.03. The lowest BCUT2D eigenvalue weighted by atomic mass is 10.2. The highest BCUT2D eigenvalue weighted by Crippen LogP contribution is 2.40. The molecule has 0 radical (unpaired) electrons. The number of benzene rings is 1. The van der Waals surface area contributed by atoms with Crippen LogP contribution in [0.5, 0.6) is 11.5 Å². The number of ether oxygens (including phenoxy) is 2. The van der Waals surface area contributed by atoms with Gasteiger partial charge in [0.15, 0.2) is 11.5 Å². The van der Waals surface area contributed by atoms with Gasteiger partial charge in [-0.25, -0.2) is 4.39 Å². The van der Waals surface area contributed by atoms with Crippen molar-refractivity contribution < 1.29 is 13.9 Å². The summed E-state index contributed by atoms with van der Waals surface area (Å²) in [5.41, 5.74) is 5.86. The zero-order chi connectivity index (χ0) is 10.8. The second kappa shape index (κ2) is 4.37. The molecule has 82 valence electrons. The molecule has 0 bridgehead atoms. The van der Waals surface area contributed by atoms with Gasteiger partial charge in [-0.2, -0.15) is 0 Å². The summed E-state index contributed by atoms with van der Waals surface area (Å²) < 4.78 is 24.8. The van der Waals surface area contributed by atoms with Crippen molar-refractivity contribution in [1.29, 1.82) is 0 Å². The maximum atomic E-state index is 13.7. The summed E-state index contributed by atoms with van der Waals surface area (Å²) in [6.07, 6.45) is 0.792. The van der Waals surface area contributed by atoms with Gasteiger partial charge in [-0.3, -0.25) is 0 Å². The first-order valence-electron chi connectivity index (χ1n) is 4.70. The molecule has 0 saturated heterocycles. The topological polar surface area (TPSA) is 44.5 Å². The van der Waals surface area contributed by atoms with Crippen LogP contribution >= 0.6 is 15.9 Å². The normalized spacial score (nSPS) is 14.9. The minimum atomic E-state index is -0.373. The van der Waals surface area contributed by atoms with Crippen LogP contribution in [-0.4, -0.2) is 13.2 Å². The molecule has 0 unspecified atom stereocenters. The summed E-state index contributed by atoms with van der Waals surface area (Å²) in [6, 6.07) is 1.60. The van der Waals surface area contributed by atoms with Crippen molar-refractivity contribution in [3.8, 4) is 11.5 Å². The molecule has 0 fully saturated rings. The van der Waals surface area contributed by atoms with Crippen molar-refractivity contribution in [2.45, 2.75) is 13.0 Å². The Balaban J connectivity index is 2.53. The van der Waals surface area contributed by atoms with E-state index in [1.807, 2.05) is 0 Å². The van der Waals surface area contributed by atoms with Gasteiger partial charge in [0.1, 0.15) is 5.82 Å². The first kappa shape index (κ1) is 10.7. The summed E-state index contributed by atoms with van der Waals surface area (Å²) in [4.78, 5) is 0. The van der Waals surface area contributed by atoms with Crippen LogP contribution in [0, 0.1) is 5.82 Å². The number of hydrogen-bond donors (Lipinski definition) is 1. The van der Waals surface area contributed by atoms with E-state index in [1.165, 1.54) is 0 Å². The highest BCUT2D eigenvalue weighted by atomic mass is 79.9. The molecule has 5 heteroatoms. The number of nitrogens with two attached hydrogens (primary N) is 1. The maximum Gasteiger partial charge on any atom is 0.178 e. The molecule has 0 aromatic heterocycles. The van der Waals surface area contributed by atoms with Gasteiger partial charge in [0, 0.05) is 18.5 Å². The van der Waals surface area contributed by atoms with Crippen LogP contribution in [0.2, 0.25) is 0 Å². The smallest absolute Gasteiger partial charge is 0.178 e. The largest absolute Gasteiger partial charge is 0.490 e. The third-order valence-electron chi connectivity index (χ3n) is 2.22. The molecule has 0 saturated carbocycles. The highest BCUT2D eigenvalue weighted by molar-refractivity contribution is 9.10. The van der Waals surface area contributed by atoms with Gasteiger partial charge < -0.3 is 15.2 Å². The third kappa shape index (κ3) is 1.94. The summed E-state index contributed by atoms with van der Waals surface area (Å²) in [5, 5.41) is 0. The molecule has 0 amide bonds. The SMILES string of the molecule is NCc1cc2c(c(Br)c1F)OCCCO2. The quantitative estimate of drug-likeness (QED) is 0.855. The Labute approximate surface area is 95.5 Å². The molecule has 1 aromatic carbocycles. The van der Waals surface area contributed by atoms with Crippen LogP contribution in [0.25, 0.3) is 0 Å². The van der Waals surface area contributed by atoms with Crippen molar-refractivity contribution >= 4 is 15.9 Å². The fraction of sp³-hybridized carbons (Fsp3) is 0.400. The minimum Gasteiger partial charge on any atom is -0.490 e. The van der Waals surface area contributed by atoms with E-state index in [0.29, 0.717) is 34.7 Å². The minimum absolute atomic E-state index is 0.140. The van der Waals surface area contributed by atoms with Gasteiger partial charge in [-0.1, -0.05) is 0 Å². The van der Waals surface area contributed by atoms with E-state index in [9.17, 15) is 4.39 Å². The summed E-state index contributed by atoms with van der Waals surface area (Å²) in [7, 11) is 0. The fourth-order valence-electron chi connectivity index (χ4n) is 1.44. The third-order valence-corrected chi connectivity index (χ3v) is 2.92. The molecule has 1 aliphatic rings. The van der Waals surface area contributed by atoms with Crippen molar-refractivity contribution in [2.75, 3.05) is 13.2 Å². The fourth-order valence-corrected chi connectivity index (χ4v) is 2.01. The number of fused-ring (bicyclic) bond motifs is 1. The average Bonchev–Trinajstić information content (AvgIpc) is 2.48. The molecule has 0 spiro atoms. The zero-order valence-corrected chi connectivity index (χ0v) is 9.64.